The van der Waals surface area contributed by atoms with Crippen molar-refractivity contribution in [1.29, 1.82) is 0 Å². The number of aromatic nitrogens is 1. The number of nitrogens with one attached hydrogen (secondary N) is 2. The zero-order valence-electron chi connectivity index (χ0n) is 15.8. The fraction of sp³-hybridized carbons (Fsp3) is 0.136. The van der Waals surface area contributed by atoms with Gasteiger partial charge in [-0.1, -0.05) is 18.2 Å². The second kappa shape index (κ2) is 9.45. The monoisotopic (exact) mass is 393 g/mol. The number of rotatable bonds is 7. The van der Waals surface area contributed by atoms with E-state index in [0.29, 0.717) is 29.9 Å². The normalized spacial score (nSPS) is 10.3. The van der Waals surface area contributed by atoms with Crippen molar-refractivity contribution in [2.45, 2.75) is 6.42 Å². The van der Waals surface area contributed by atoms with Gasteiger partial charge < -0.3 is 15.4 Å². The lowest BCUT2D eigenvalue weighted by Gasteiger charge is -2.09. The number of halogens is 1. The Kier molecular flexibility index (Phi) is 6.52. The lowest BCUT2D eigenvalue weighted by molar-refractivity contribution is 0.0600. The molecule has 0 aliphatic heterocycles. The molecule has 0 spiro atoms. The third-order valence-corrected chi connectivity index (χ3v) is 4.18. The summed E-state index contributed by atoms with van der Waals surface area (Å²) in [5, 5.41) is 5.92. The van der Waals surface area contributed by atoms with Crippen molar-refractivity contribution < 1.29 is 18.7 Å². The molecule has 0 unspecified atom stereocenters. The smallest absolute Gasteiger partial charge is 0.337 e. The molecule has 2 aromatic carbocycles. The molecule has 148 valence electrons. The number of methoxy groups -OCH3 is 1. The first-order valence-corrected chi connectivity index (χ1v) is 8.99. The molecule has 0 saturated heterocycles. The summed E-state index contributed by atoms with van der Waals surface area (Å²) in [6.45, 7) is 0.423. The van der Waals surface area contributed by atoms with E-state index in [9.17, 15) is 14.0 Å². The number of nitrogens with zero attached hydrogens (tertiary/aromatic N) is 1. The van der Waals surface area contributed by atoms with Gasteiger partial charge in [-0.3, -0.25) is 4.79 Å². The van der Waals surface area contributed by atoms with Gasteiger partial charge in [0.1, 0.15) is 11.5 Å². The summed E-state index contributed by atoms with van der Waals surface area (Å²) in [5.41, 5.74) is 3.04. The number of anilines is 2. The lowest BCUT2D eigenvalue weighted by Crippen LogP contribution is -2.26. The first-order chi connectivity index (χ1) is 14.0. The van der Waals surface area contributed by atoms with Gasteiger partial charge in [-0.25, -0.2) is 14.2 Å². The van der Waals surface area contributed by atoms with E-state index >= 15 is 0 Å². The van der Waals surface area contributed by atoms with Crippen molar-refractivity contribution >= 4 is 23.3 Å². The summed E-state index contributed by atoms with van der Waals surface area (Å²) < 4.78 is 17.6. The zero-order chi connectivity index (χ0) is 20.6. The fourth-order valence-electron chi connectivity index (χ4n) is 2.67. The van der Waals surface area contributed by atoms with Crippen LogP contribution >= 0.6 is 0 Å². The second-order valence-corrected chi connectivity index (χ2v) is 6.26. The minimum atomic E-state index is -0.417. The number of benzene rings is 2. The zero-order valence-corrected chi connectivity index (χ0v) is 15.8. The SMILES string of the molecule is COC(=O)c1cccc(Nc2ccc(C(=O)NCCc3ccc(F)cc3)nc2)c1. The van der Waals surface area contributed by atoms with Crippen LogP contribution in [0.25, 0.3) is 0 Å². The Morgan fingerprint density at radius 3 is 2.52 bits per heavy atom. The van der Waals surface area contributed by atoms with Crippen molar-refractivity contribution in [1.82, 2.24) is 10.3 Å². The summed E-state index contributed by atoms with van der Waals surface area (Å²) >= 11 is 0. The molecule has 3 rings (SSSR count). The van der Waals surface area contributed by atoms with Crippen LogP contribution in [0.3, 0.4) is 0 Å². The molecular formula is C22H20FN3O3. The van der Waals surface area contributed by atoms with Crippen LogP contribution in [0.4, 0.5) is 15.8 Å². The van der Waals surface area contributed by atoms with E-state index in [1.54, 1.807) is 48.7 Å². The maximum Gasteiger partial charge on any atom is 0.337 e. The van der Waals surface area contributed by atoms with Crippen LogP contribution in [-0.4, -0.2) is 30.5 Å². The number of hydrogen-bond acceptors (Lipinski definition) is 5. The van der Waals surface area contributed by atoms with E-state index in [2.05, 4.69) is 15.6 Å². The molecular weight excluding hydrogens is 373 g/mol. The Balaban J connectivity index is 1.54. The van der Waals surface area contributed by atoms with Gasteiger partial charge in [-0.2, -0.15) is 0 Å². The molecule has 7 heteroatoms. The number of amides is 1. The molecule has 3 aromatic rings. The van der Waals surface area contributed by atoms with E-state index in [1.165, 1.54) is 19.2 Å². The topological polar surface area (TPSA) is 80.3 Å². The molecule has 0 aliphatic carbocycles. The summed E-state index contributed by atoms with van der Waals surface area (Å²) in [5.74, 6) is -0.988. The lowest BCUT2D eigenvalue weighted by atomic mass is 10.1. The molecule has 2 N–H and O–H groups in total. The van der Waals surface area contributed by atoms with Crippen LogP contribution in [0.2, 0.25) is 0 Å². The van der Waals surface area contributed by atoms with Crippen LogP contribution in [0.5, 0.6) is 0 Å². The first-order valence-electron chi connectivity index (χ1n) is 8.99. The number of esters is 1. The average molecular weight is 393 g/mol. The third kappa shape index (κ3) is 5.62. The summed E-state index contributed by atoms with van der Waals surface area (Å²) in [4.78, 5) is 28.0. The average Bonchev–Trinajstić information content (AvgIpc) is 2.75. The molecule has 0 radical (unpaired) electrons. The molecule has 6 nitrogen and oxygen atoms in total. The van der Waals surface area contributed by atoms with Gasteiger partial charge >= 0.3 is 5.97 Å². The number of carbonyl (C=O) groups is 2. The first kappa shape index (κ1) is 20.0. The minimum absolute atomic E-state index is 0.285. The second-order valence-electron chi connectivity index (χ2n) is 6.26. The Morgan fingerprint density at radius 2 is 1.83 bits per heavy atom. The standard InChI is InChI=1S/C22H20FN3O3/c1-29-22(28)16-3-2-4-18(13-16)26-19-9-10-20(25-14-19)21(27)24-12-11-15-5-7-17(23)8-6-15/h2-10,13-14,26H,11-12H2,1H3,(H,24,27). The number of carbonyl (C=O) groups excluding carboxylic acids is 2. The van der Waals surface area contributed by atoms with E-state index in [-0.39, 0.29) is 17.4 Å². The number of ether oxygens (including phenoxy) is 1. The van der Waals surface area contributed by atoms with Crippen LogP contribution in [0.15, 0.2) is 66.9 Å². The predicted molar refractivity (Wildman–Crippen MR) is 108 cm³/mol. The van der Waals surface area contributed by atoms with Crippen molar-refractivity contribution in [2.24, 2.45) is 0 Å². The summed E-state index contributed by atoms with van der Waals surface area (Å²) in [7, 11) is 1.33. The highest BCUT2D eigenvalue weighted by Gasteiger charge is 2.08. The molecule has 1 aromatic heterocycles. The maximum atomic E-state index is 12.9. The predicted octanol–water partition coefficient (Wildman–Crippen LogP) is 3.72. The maximum absolute atomic E-state index is 12.9. The molecule has 1 amide bonds. The van der Waals surface area contributed by atoms with Crippen molar-refractivity contribution in [3.05, 3.63) is 89.5 Å². The molecule has 0 saturated carbocycles. The van der Waals surface area contributed by atoms with Gasteiger partial charge in [0, 0.05) is 12.2 Å². The Morgan fingerprint density at radius 1 is 1.03 bits per heavy atom. The Hall–Kier alpha value is -3.74. The van der Waals surface area contributed by atoms with Gasteiger partial charge in [0.25, 0.3) is 5.91 Å². The number of pyridine rings is 1. The largest absolute Gasteiger partial charge is 0.465 e. The quantitative estimate of drug-likeness (QED) is 0.598. The van der Waals surface area contributed by atoms with Crippen LogP contribution in [0, 0.1) is 5.82 Å². The molecule has 1 heterocycles. The van der Waals surface area contributed by atoms with Crippen LogP contribution < -0.4 is 10.6 Å². The van der Waals surface area contributed by atoms with Crippen molar-refractivity contribution in [3.63, 3.8) is 0 Å². The van der Waals surface area contributed by atoms with E-state index in [0.717, 1.165) is 5.56 Å². The van der Waals surface area contributed by atoms with Gasteiger partial charge in [-0.15, -0.1) is 0 Å². The van der Waals surface area contributed by atoms with E-state index in [4.69, 9.17) is 4.74 Å². The van der Waals surface area contributed by atoms with Gasteiger partial charge in [0.2, 0.25) is 0 Å². The summed E-state index contributed by atoms with van der Waals surface area (Å²) in [6, 6.07) is 16.4. The van der Waals surface area contributed by atoms with E-state index in [1.807, 2.05) is 6.07 Å². The Bertz CT molecular complexity index is 989. The van der Waals surface area contributed by atoms with Gasteiger partial charge in [0.15, 0.2) is 0 Å². The van der Waals surface area contributed by atoms with Crippen LogP contribution in [-0.2, 0) is 11.2 Å². The molecule has 29 heavy (non-hydrogen) atoms. The van der Waals surface area contributed by atoms with Gasteiger partial charge in [0.05, 0.1) is 24.6 Å². The highest BCUT2D eigenvalue weighted by molar-refractivity contribution is 5.92. The third-order valence-electron chi connectivity index (χ3n) is 4.18. The van der Waals surface area contributed by atoms with Crippen molar-refractivity contribution in [2.75, 3.05) is 19.0 Å². The highest BCUT2D eigenvalue weighted by Crippen LogP contribution is 2.18. The Labute approximate surface area is 167 Å². The van der Waals surface area contributed by atoms with E-state index < -0.39 is 5.97 Å². The van der Waals surface area contributed by atoms with Crippen molar-refractivity contribution in [3.8, 4) is 0 Å². The molecule has 0 fully saturated rings. The fourth-order valence-corrected chi connectivity index (χ4v) is 2.67. The van der Waals surface area contributed by atoms with Crippen LogP contribution in [0.1, 0.15) is 26.4 Å². The molecule has 0 aliphatic rings. The molecule has 0 atom stereocenters. The summed E-state index contributed by atoms with van der Waals surface area (Å²) in [6.07, 6.45) is 2.14. The highest BCUT2D eigenvalue weighted by atomic mass is 19.1. The minimum Gasteiger partial charge on any atom is -0.465 e. The molecule has 0 bridgehead atoms. The number of hydrogen-bond donors (Lipinski definition) is 2. The van der Waals surface area contributed by atoms with Gasteiger partial charge in [-0.05, 0) is 54.4 Å².